The highest BCUT2D eigenvalue weighted by Crippen LogP contribution is 2.33. The minimum Gasteiger partial charge on any atom is -0.341 e. The van der Waals surface area contributed by atoms with Gasteiger partial charge in [0, 0.05) is 19.5 Å². The van der Waals surface area contributed by atoms with Gasteiger partial charge in [-0.3, -0.25) is 14.5 Å². The summed E-state index contributed by atoms with van der Waals surface area (Å²) >= 11 is 0. The molecular formula is C28H37N3O3. The Bertz CT molecular complexity index is 963. The molecule has 4 amide bonds. The van der Waals surface area contributed by atoms with Gasteiger partial charge in [0.25, 0.3) is 5.91 Å². The molecule has 2 aromatic rings. The fourth-order valence-corrected chi connectivity index (χ4v) is 4.24. The van der Waals surface area contributed by atoms with Crippen LogP contribution in [-0.2, 0) is 21.5 Å². The summed E-state index contributed by atoms with van der Waals surface area (Å²) in [6, 6.07) is 18.4. The van der Waals surface area contributed by atoms with Crippen molar-refractivity contribution in [1.82, 2.24) is 15.1 Å². The van der Waals surface area contributed by atoms with Crippen LogP contribution < -0.4 is 5.32 Å². The highest BCUT2D eigenvalue weighted by Gasteiger charge is 2.52. The van der Waals surface area contributed by atoms with Crippen LogP contribution in [0.3, 0.4) is 0 Å². The van der Waals surface area contributed by atoms with Crippen LogP contribution in [-0.4, -0.2) is 47.3 Å². The standard InChI is InChI=1S/C28H37N3O3/c1-21(2)15-17-30(18-16-22(3)4)25(32)20-31-26(33)28(29-27(31)34,24-13-9-6-10-14-24)19-23-11-7-5-8-12-23/h5-14,21-22H,15-20H2,1-4H3,(H,29,34)/t28-/m0/s1. The third kappa shape index (κ3) is 6.04. The molecule has 1 atom stereocenters. The maximum atomic E-state index is 13.8. The number of nitrogens with zero attached hydrogens (tertiary/aromatic N) is 2. The van der Waals surface area contributed by atoms with Gasteiger partial charge in [0.2, 0.25) is 5.91 Å². The van der Waals surface area contributed by atoms with Crippen LogP contribution in [0, 0.1) is 11.8 Å². The zero-order valence-electron chi connectivity index (χ0n) is 20.8. The van der Waals surface area contributed by atoms with Crippen molar-refractivity contribution in [3.8, 4) is 0 Å². The molecule has 1 aliphatic rings. The van der Waals surface area contributed by atoms with Crippen molar-refractivity contribution < 1.29 is 14.4 Å². The second-order valence-electron chi connectivity index (χ2n) is 10.0. The van der Waals surface area contributed by atoms with Gasteiger partial charge in [-0.1, -0.05) is 88.4 Å². The fourth-order valence-electron chi connectivity index (χ4n) is 4.24. The van der Waals surface area contributed by atoms with Gasteiger partial charge in [0.1, 0.15) is 6.54 Å². The molecule has 1 aliphatic heterocycles. The molecule has 6 nitrogen and oxygen atoms in total. The molecule has 3 rings (SSSR count). The largest absolute Gasteiger partial charge is 0.341 e. The average Bonchev–Trinajstić information content (AvgIpc) is 3.04. The molecule has 0 spiro atoms. The third-order valence-electron chi connectivity index (χ3n) is 6.35. The zero-order valence-corrected chi connectivity index (χ0v) is 20.8. The lowest BCUT2D eigenvalue weighted by Gasteiger charge is -2.28. The van der Waals surface area contributed by atoms with Crippen molar-refractivity contribution in [3.05, 3.63) is 71.8 Å². The number of carbonyl (C=O) groups excluding carboxylic acids is 3. The Labute approximate surface area is 203 Å². The van der Waals surface area contributed by atoms with Gasteiger partial charge in [0.15, 0.2) is 5.54 Å². The van der Waals surface area contributed by atoms with E-state index in [0.29, 0.717) is 36.9 Å². The van der Waals surface area contributed by atoms with E-state index in [2.05, 4.69) is 33.0 Å². The topological polar surface area (TPSA) is 69.7 Å². The van der Waals surface area contributed by atoms with Crippen molar-refractivity contribution in [2.24, 2.45) is 11.8 Å². The maximum Gasteiger partial charge on any atom is 0.325 e. The van der Waals surface area contributed by atoms with E-state index in [-0.39, 0.29) is 18.4 Å². The summed E-state index contributed by atoms with van der Waals surface area (Å²) in [6.45, 7) is 9.51. The van der Waals surface area contributed by atoms with Gasteiger partial charge < -0.3 is 10.2 Å². The highest BCUT2D eigenvalue weighted by molar-refractivity contribution is 6.09. The Morgan fingerprint density at radius 1 is 0.882 bits per heavy atom. The first-order valence-corrected chi connectivity index (χ1v) is 12.2. The summed E-state index contributed by atoms with van der Waals surface area (Å²) < 4.78 is 0. The molecule has 1 saturated heterocycles. The summed E-state index contributed by atoms with van der Waals surface area (Å²) in [7, 11) is 0. The Balaban J connectivity index is 1.85. The van der Waals surface area contributed by atoms with Gasteiger partial charge in [-0.15, -0.1) is 0 Å². The number of hydrogen-bond acceptors (Lipinski definition) is 3. The molecule has 0 aliphatic carbocycles. The first-order chi connectivity index (χ1) is 16.2. The molecule has 34 heavy (non-hydrogen) atoms. The lowest BCUT2D eigenvalue weighted by Crippen LogP contribution is -2.47. The Morgan fingerprint density at radius 3 is 1.94 bits per heavy atom. The Kier molecular flexibility index (Phi) is 8.48. The van der Waals surface area contributed by atoms with Crippen LogP contribution in [0.1, 0.15) is 51.7 Å². The molecule has 0 unspecified atom stereocenters. The van der Waals surface area contributed by atoms with Gasteiger partial charge in [-0.2, -0.15) is 0 Å². The van der Waals surface area contributed by atoms with E-state index in [9.17, 15) is 14.4 Å². The molecule has 2 aromatic carbocycles. The summed E-state index contributed by atoms with van der Waals surface area (Å²) in [6.07, 6.45) is 2.08. The zero-order chi connectivity index (χ0) is 24.7. The van der Waals surface area contributed by atoms with E-state index >= 15 is 0 Å². The van der Waals surface area contributed by atoms with Gasteiger partial charge in [-0.05, 0) is 35.8 Å². The van der Waals surface area contributed by atoms with Crippen LogP contribution in [0.25, 0.3) is 0 Å². The first-order valence-electron chi connectivity index (χ1n) is 12.2. The predicted octanol–water partition coefficient (Wildman–Crippen LogP) is 4.60. The van der Waals surface area contributed by atoms with Crippen molar-refractivity contribution in [3.63, 3.8) is 0 Å². The highest BCUT2D eigenvalue weighted by atomic mass is 16.2. The Morgan fingerprint density at radius 2 is 1.41 bits per heavy atom. The minimum absolute atomic E-state index is 0.187. The molecule has 0 bridgehead atoms. The number of urea groups is 1. The lowest BCUT2D eigenvalue weighted by molar-refractivity contribution is -0.139. The van der Waals surface area contributed by atoms with Crippen LogP contribution in [0.4, 0.5) is 4.79 Å². The van der Waals surface area contributed by atoms with Gasteiger partial charge in [-0.25, -0.2) is 4.79 Å². The van der Waals surface area contributed by atoms with Crippen molar-refractivity contribution >= 4 is 17.8 Å². The second-order valence-corrected chi connectivity index (χ2v) is 10.0. The number of imide groups is 1. The number of rotatable bonds is 11. The SMILES string of the molecule is CC(C)CCN(CCC(C)C)C(=O)CN1C(=O)N[C@@](Cc2ccccc2)(c2ccccc2)C1=O. The molecule has 0 saturated carbocycles. The summed E-state index contributed by atoms with van der Waals surface area (Å²) in [4.78, 5) is 43.1. The first kappa shape index (κ1) is 25.5. The molecule has 6 heteroatoms. The van der Waals surface area contributed by atoms with Gasteiger partial charge in [0.05, 0.1) is 0 Å². The number of benzene rings is 2. The van der Waals surface area contributed by atoms with E-state index in [4.69, 9.17) is 0 Å². The summed E-state index contributed by atoms with van der Waals surface area (Å²) in [5, 5.41) is 2.94. The van der Waals surface area contributed by atoms with Crippen LogP contribution in [0.2, 0.25) is 0 Å². The fraction of sp³-hybridized carbons (Fsp3) is 0.464. The van der Waals surface area contributed by atoms with E-state index in [1.807, 2.05) is 60.7 Å². The predicted molar refractivity (Wildman–Crippen MR) is 134 cm³/mol. The minimum atomic E-state index is -1.24. The number of hydrogen-bond donors (Lipinski definition) is 1. The molecule has 1 fully saturated rings. The van der Waals surface area contributed by atoms with E-state index < -0.39 is 11.6 Å². The summed E-state index contributed by atoms with van der Waals surface area (Å²) in [5.74, 6) is 0.354. The smallest absolute Gasteiger partial charge is 0.325 e. The lowest BCUT2D eigenvalue weighted by atomic mass is 9.83. The van der Waals surface area contributed by atoms with Gasteiger partial charge >= 0.3 is 6.03 Å². The monoisotopic (exact) mass is 463 g/mol. The number of nitrogens with one attached hydrogen (secondary N) is 1. The average molecular weight is 464 g/mol. The van der Waals surface area contributed by atoms with Crippen LogP contribution in [0.15, 0.2) is 60.7 Å². The number of amides is 4. The maximum absolute atomic E-state index is 13.8. The molecule has 0 aromatic heterocycles. The molecule has 0 radical (unpaired) electrons. The van der Waals surface area contributed by atoms with Crippen molar-refractivity contribution in [2.75, 3.05) is 19.6 Å². The van der Waals surface area contributed by atoms with Crippen LogP contribution >= 0.6 is 0 Å². The molecule has 1 heterocycles. The van der Waals surface area contributed by atoms with E-state index in [1.54, 1.807) is 4.90 Å². The molecule has 1 N–H and O–H groups in total. The Hall–Kier alpha value is -3.15. The molecular weight excluding hydrogens is 426 g/mol. The molecule has 182 valence electrons. The number of carbonyl (C=O) groups is 3. The van der Waals surface area contributed by atoms with E-state index in [1.165, 1.54) is 0 Å². The van der Waals surface area contributed by atoms with Crippen molar-refractivity contribution in [1.29, 1.82) is 0 Å². The normalized spacial score (nSPS) is 18.0. The second kappa shape index (κ2) is 11.3. The van der Waals surface area contributed by atoms with Crippen molar-refractivity contribution in [2.45, 2.75) is 52.5 Å². The summed E-state index contributed by atoms with van der Waals surface area (Å²) in [5.41, 5.74) is 0.410. The quantitative estimate of drug-likeness (QED) is 0.495. The third-order valence-corrected chi connectivity index (χ3v) is 6.35. The van der Waals surface area contributed by atoms with E-state index in [0.717, 1.165) is 23.3 Å². The van der Waals surface area contributed by atoms with Crippen LogP contribution in [0.5, 0.6) is 0 Å².